The van der Waals surface area contributed by atoms with Gasteiger partial charge in [-0.05, 0) is 45.7 Å². The predicted molar refractivity (Wildman–Crippen MR) is 82.8 cm³/mol. The van der Waals surface area contributed by atoms with Crippen molar-refractivity contribution in [1.29, 1.82) is 0 Å². The van der Waals surface area contributed by atoms with Crippen LogP contribution in [-0.2, 0) is 10.2 Å². The average molecular weight is 274 g/mol. The third-order valence-electron chi connectivity index (χ3n) is 4.20. The molecule has 1 aliphatic heterocycles. The molecule has 0 aliphatic carbocycles. The van der Waals surface area contributed by atoms with Gasteiger partial charge in [0, 0.05) is 25.2 Å². The average Bonchev–Trinajstić information content (AvgIpc) is 2.37. The Morgan fingerprint density at radius 1 is 1.20 bits per heavy atom. The van der Waals surface area contributed by atoms with Crippen LogP contribution in [-0.4, -0.2) is 36.0 Å². The van der Waals surface area contributed by atoms with Gasteiger partial charge in [0.25, 0.3) is 0 Å². The summed E-state index contributed by atoms with van der Waals surface area (Å²) in [6.45, 7) is 12.0. The zero-order valence-electron chi connectivity index (χ0n) is 13.2. The van der Waals surface area contributed by atoms with Gasteiger partial charge in [0.05, 0.1) is 5.41 Å². The van der Waals surface area contributed by atoms with E-state index in [9.17, 15) is 4.79 Å². The molecular formula is C17H26N2O. The fraction of sp³-hybridized carbons (Fsp3) is 0.588. The van der Waals surface area contributed by atoms with Crippen LogP contribution >= 0.6 is 0 Å². The summed E-state index contributed by atoms with van der Waals surface area (Å²) in [5, 5.41) is 3.47. The van der Waals surface area contributed by atoms with Crippen LogP contribution in [0.5, 0.6) is 0 Å². The monoisotopic (exact) mass is 274 g/mol. The third-order valence-corrected chi connectivity index (χ3v) is 4.20. The number of carbonyl (C=O) groups excluding carboxylic acids is 1. The van der Waals surface area contributed by atoms with Crippen LogP contribution in [0.25, 0.3) is 0 Å². The number of hydrogen-bond acceptors (Lipinski definition) is 2. The highest BCUT2D eigenvalue weighted by atomic mass is 16.2. The predicted octanol–water partition coefficient (Wildman–Crippen LogP) is 2.48. The van der Waals surface area contributed by atoms with Crippen LogP contribution in [0.4, 0.5) is 0 Å². The smallest absolute Gasteiger partial charge is 0.232 e. The molecule has 110 valence electrons. The molecule has 0 unspecified atom stereocenters. The molecule has 1 heterocycles. The number of carbonyl (C=O) groups is 1. The lowest BCUT2D eigenvalue weighted by Gasteiger charge is -2.40. The summed E-state index contributed by atoms with van der Waals surface area (Å²) in [6, 6.07) is 8.90. The SMILES string of the molecule is Cc1ccccc1C(C)(C)C(=O)N1C[C@@H](C)N[C@@H](C)C1. The summed E-state index contributed by atoms with van der Waals surface area (Å²) < 4.78 is 0. The number of amides is 1. The van der Waals surface area contributed by atoms with Crippen molar-refractivity contribution in [2.75, 3.05) is 13.1 Å². The minimum Gasteiger partial charge on any atom is -0.339 e. The van der Waals surface area contributed by atoms with Crippen LogP contribution in [0.2, 0.25) is 0 Å². The molecule has 0 saturated carbocycles. The summed E-state index contributed by atoms with van der Waals surface area (Å²) in [7, 11) is 0. The first-order chi connectivity index (χ1) is 9.32. The van der Waals surface area contributed by atoms with Gasteiger partial charge in [-0.15, -0.1) is 0 Å². The summed E-state index contributed by atoms with van der Waals surface area (Å²) in [5.74, 6) is 0.229. The Hall–Kier alpha value is -1.35. The van der Waals surface area contributed by atoms with Crippen molar-refractivity contribution in [3.63, 3.8) is 0 Å². The van der Waals surface area contributed by atoms with Gasteiger partial charge in [-0.25, -0.2) is 0 Å². The topological polar surface area (TPSA) is 32.3 Å². The maximum Gasteiger partial charge on any atom is 0.232 e. The van der Waals surface area contributed by atoms with Crippen LogP contribution in [0.1, 0.15) is 38.8 Å². The molecule has 1 amide bonds. The highest BCUT2D eigenvalue weighted by molar-refractivity contribution is 5.88. The molecule has 2 rings (SSSR count). The normalized spacial score (nSPS) is 23.8. The molecule has 20 heavy (non-hydrogen) atoms. The van der Waals surface area contributed by atoms with E-state index in [2.05, 4.69) is 38.2 Å². The molecule has 1 saturated heterocycles. The maximum absolute atomic E-state index is 13.0. The maximum atomic E-state index is 13.0. The van der Waals surface area contributed by atoms with E-state index in [0.29, 0.717) is 12.1 Å². The summed E-state index contributed by atoms with van der Waals surface area (Å²) in [4.78, 5) is 15.0. The van der Waals surface area contributed by atoms with Crippen LogP contribution in [0.15, 0.2) is 24.3 Å². The van der Waals surface area contributed by atoms with Crippen molar-refractivity contribution in [2.24, 2.45) is 0 Å². The lowest BCUT2D eigenvalue weighted by molar-refractivity contribution is -0.138. The molecular weight excluding hydrogens is 248 g/mol. The zero-order valence-corrected chi connectivity index (χ0v) is 13.2. The van der Waals surface area contributed by atoms with E-state index >= 15 is 0 Å². The summed E-state index contributed by atoms with van der Waals surface area (Å²) >= 11 is 0. The standard InChI is InChI=1S/C17H26N2O/c1-12-8-6-7-9-15(12)17(4,5)16(20)19-10-13(2)18-14(3)11-19/h6-9,13-14,18H,10-11H2,1-5H3/t13-,14+. The Kier molecular flexibility index (Phi) is 4.19. The van der Waals surface area contributed by atoms with Gasteiger partial charge in [-0.1, -0.05) is 24.3 Å². The third kappa shape index (κ3) is 2.88. The Morgan fingerprint density at radius 2 is 1.75 bits per heavy atom. The fourth-order valence-electron chi connectivity index (χ4n) is 3.28. The molecule has 1 N–H and O–H groups in total. The molecule has 0 spiro atoms. The molecule has 1 aliphatic rings. The summed E-state index contributed by atoms with van der Waals surface area (Å²) in [5.41, 5.74) is 1.84. The second-order valence-electron chi connectivity index (χ2n) is 6.62. The van der Waals surface area contributed by atoms with E-state index in [1.807, 2.05) is 30.9 Å². The van der Waals surface area contributed by atoms with Crippen molar-refractivity contribution in [2.45, 2.75) is 52.1 Å². The van der Waals surface area contributed by atoms with E-state index in [0.717, 1.165) is 18.7 Å². The first-order valence-electron chi connectivity index (χ1n) is 7.44. The molecule has 3 nitrogen and oxygen atoms in total. The van der Waals surface area contributed by atoms with Gasteiger partial charge in [0.15, 0.2) is 0 Å². The second-order valence-corrected chi connectivity index (χ2v) is 6.62. The highest BCUT2D eigenvalue weighted by Crippen LogP contribution is 2.29. The van der Waals surface area contributed by atoms with Crippen molar-refractivity contribution in [3.05, 3.63) is 35.4 Å². The zero-order chi connectivity index (χ0) is 14.9. The fourth-order valence-corrected chi connectivity index (χ4v) is 3.28. The first-order valence-corrected chi connectivity index (χ1v) is 7.44. The Balaban J connectivity index is 2.25. The lowest BCUT2D eigenvalue weighted by atomic mass is 9.80. The van der Waals surface area contributed by atoms with E-state index in [-0.39, 0.29) is 5.91 Å². The molecule has 1 aromatic rings. The molecule has 1 aromatic carbocycles. The second kappa shape index (κ2) is 5.57. The number of hydrogen-bond donors (Lipinski definition) is 1. The Bertz CT molecular complexity index is 486. The molecule has 0 bridgehead atoms. The number of benzene rings is 1. The first kappa shape index (κ1) is 15.0. The van der Waals surface area contributed by atoms with Crippen LogP contribution in [0, 0.1) is 6.92 Å². The minimum absolute atomic E-state index is 0.229. The van der Waals surface area contributed by atoms with Crippen LogP contribution < -0.4 is 5.32 Å². The number of nitrogens with one attached hydrogen (secondary N) is 1. The number of aryl methyl sites for hydroxylation is 1. The van der Waals surface area contributed by atoms with Crippen molar-refractivity contribution in [1.82, 2.24) is 10.2 Å². The minimum atomic E-state index is -0.470. The highest BCUT2D eigenvalue weighted by Gasteiger charge is 2.37. The molecule has 2 atom stereocenters. The van der Waals surface area contributed by atoms with Gasteiger partial charge in [-0.2, -0.15) is 0 Å². The van der Waals surface area contributed by atoms with Gasteiger partial charge < -0.3 is 10.2 Å². The molecule has 3 heteroatoms. The van der Waals surface area contributed by atoms with Crippen molar-refractivity contribution >= 4 is 5.91 Å². The van der Waals surface area contributed by atoms with Gasteiger partial charge >= 0.3 is 0 Å². The largest absolute Gasteiger partial charge is 0.339 e. The van der Waals surface area contributed by atoms with E-state index < -0.39 is 5.41 Å². The van der Waals surface area contributed by atoms with E-state index in [4.69, 9.17) is 0 Å². The molecule has 0 aromatic heterocycles. The number of nitrogens with zero attached hydrogens (tertiary/aromatic N) is 1. The van der Waals surface area contributed by atoms with Crippen molar-refractivity contribution < 1.29 is 4.79 Å². The van der Waals surface area contributed by atoms with Crippen molar-refractivity contribution in [3.8, 4) is 0 Å². The number of piperazine rings is 1. The van der Waals surface area contributed by atoms with Crippen LogP contribution in [0.3, 0.4) is 0 Å². The lowest BCUT2D eigenvalue weighted by Crippen LogP contribution is -2.58. The van der Waals surface area contributed by atoms with Gasteiger partial charge in [0.1, 0.15) is 0 Å². The number of rotatable bonds is 2. The van der Waals surface area contributed by atoms with Gasteiger partial charge in [-0.3, -0.25) is 4.79 Å². The quantitative estimate of drug-likeness (QED) is 0.898. The van der Waals surface area contributed by atoms with Gasteiger partial charge in [0.2, 0.25) is 5.91 Å². The van der Waals surface area contributed by atoms with E-state index in [1.165, 1.54) is 5.56 Å². The summed E-state index contributed by atoms with van der Waals surface area (Å²) in [6.07, 6.45) is 0. The Labute approximate surface area is 122 Å². The molecule has 1 fully saturated rings. The van der Waals surface area contributed by atoms with E-state index in [1.54, 1.807) is 0 Å². The molecule has 0 radical (unpaired) electrons. The Morgan fingerprint density at radius 3 is 2.30 bits per heavy atom.